The predicted octanol–water partition coefficient (Wildman–Crippen LogP) is 4.14. The van der Waals surface area contributed by atoms with Gasteiger partial charge in [0, 0.05) is 15.8 Å². The van der Waals surface area contributed by atoms with E-state index in [1.807, 2.05) is 50.2 Å². The van der Waals surface area contributed by atoms with Crippen LogP contribution in [0.2, 0.25) is 0 Å². The molecule has 0 aliphatic heterocycles. The third-order valence-electron chi connectivity index (χ3n) is 2.62. The Bertz CT molecular complexity index is 600. The van der Waals surface area contributed by atoms with Crippen LogP contribution in [0.15, 0.2) is 36.4 Å². The Labute approximate surface area is 110 Å². The van der Waals surface area contributed by atoms with Crippen molar-refractivity contribution in [3.05, 3.63) is 67.4 Å². The van der Waals surface area contributed by atoms with Gasteiger partial charge in [-0.25, -0.2) is 0 Å². The molecule has 1 heterocycles. The summed E-state index contributed by atoms with van der Waals surface area (Å²) in [5.74, 6) is 0. The molecule has 0 radical (unpaired) electrons. The number of rotatable bonds is 3. The molecule has 2 aromatic rings. The summed E-state index contributed by atoms with van der Waals surface area (Å²) in [7, 11) is 0. The molecule has 1 aromatic carbocycles. The summed E-state index contributed by atoms with van der Waals surface area (Å²) in [4.78, 5) is 13.0. The average Bonchev–Trinajstić information content (AvgIpc) is 2.66. The minimum atomic E-state index is -0.318. The lowest BCUT2D eigenvalue weighted by Gasteiger charge is -1.98. The molecule has 0 N–H and O–H groups in total. The van der Waals surface area contributed by atoms with Crippen LogP contribution in [0.5, 0.6) is 0 Å². The molecule has 0 spiro atoms. The lowest BCUT2D eigenvalue weighted by Crippen LogP contribution is -1.97. The largest absolute Gasteiger partial charge is 0.278 e. The molecule has 0 fully saturated rings. The van der Waals surface area contributed by atoms with Gasteiger partial charge in [0.15, 0.2) is 0 Å². The number of thiophene rings is 1. The molecule has 0 aliphatic carbocycles. The third kappa shape index (κ3) is 2.65. The first-order valence-corrected chi connectivity index (χ1v) is 6.38. The van der Waals surface area contributed by atoms with Crippen molar-refractivity contribution in [2.24, 2.45) is 0 Å². The summed E-state index contributed by atoms with van der Waals surface area (Å²) in [5, 5.41) is 11.2. The van der Waals surface area contributed by atoms with Crippen molar-refractivity contribution in [3.8, 4) is 0 Å². The van der Waals surface area contributed by atoms with Crippen molar-refractivity contribution in [2.75, 3.05) is 0 Å². The summed E-state index contributed by atoms with van der Waals surface area (Å²) in [5.41, 5.74) is 1.71. The molecule has 0 bridgehead atoms. The van der Waals surface area contributed by atoms with Crippen LogP contribution in [0.1, 0.15) is 20.9 Å². The highest BCUT2D eigenvalue weighted by atomic mass is 32.1. The van der Waals surface area contributed by atoms with E-state index in [0.29, 0.717) is 5.56 Å². The van der Waals surface area contributed by atoms with Gasteiger partial charge in [-0.1, -0.05) is 30.3 Å². The van der Waals surface area contributed by atoms with Crippen LogP contribution in [-0.4, -0.2) is 4.92 Å². The van der Waals surface area contributed by atoms with Crippen LogP contribution < -0.4 is 0 Å². The fraction of sp³-hybridized carbons (Fsp3) is 0.143. The normalized spacial score (nSPS) is 11.6. The Morgan fingerprint density at radius 3 is 2.44 bits per heavy atom. The Morgan fingerprint density at radius 2 is 1.94 bits per heavy atom. The summed E-state index contributed by atoms with van der Waals surface area (Å²) in [6.45, 7) is 3.87. The molecule has 1 aromatic heterocycles. The zero-order valence-electron chi connectivity index (χ0n) is 10.2. The number of nitro groups is 1. The SMILES string of the molecule is Cc1cc(C(=Cc2ccccc2)[N+](=O)[O-])c(C)s1. The summed E-state index contributed by atoms with van der Waals surface area (Å²) < 4.78 is 0. The van der Waals surface area contributed by atoms with E-state index >= 15 is 0 Å². The first-order valence-electron chi connectivity index (χ1n) is 5.56. The molecular formula is C14H13NO2S. The Balaban J connectivity index is 2.51. The summed E-state index contributed by atoms with van der Waals surface area (Å²) >= 11 is 1.58. The van der Waals surface area contributed by atoms with Crippen LogP contribution in [0, 0.1) is 24.0 Å². The van der Waals surface area contributed by atoms with Crippen LogP contribution >= 0.6 is 11.3 Å². The number of hydrogen-bond acceptors (Lipinski definition) is 3. The molecule has 0 aliphatic rings. The van der Waals surface area contributed by atoms with E-state index in [1.54, 1.807) is 17.4 Å². The van der Waals surface area contributed by atoms with Gasteiger partial charge in [-0.15, -0.1) is 11.3 Å². The average molecular weight is 259 g/mol. The van der Waals surface area contributed by atoms with Gasteiger partial charge in [0.1, 0.15) is 0 Å². The second-order valence-corrected chi connectivity index (χ2v) is 5.48. The molecule has 2 rings (SSSR count). The van der Waals surface area contributed by atoms with Crippen LogP contribution in [0.4, 0.5) is 0 Å². The van der Waals surface area contributed by atoms with Crippen LogP contribution in [-0.2, 0) is 0 Å². The zero-order valence-corrected chi connectivity index (χ0v) is 11.0. The second kappa shape index (κ2) is 5.14. The van der Waals surface area contributed by atoms with Gasteiger partial charge in [0.05, 0.1) is 10.5 Å². The first kappa shape index (κ1) is 12.5. The molecule has 0 saturated heterocycles. The Kier molecular flexibility index (Phi) is 3.58. The zero-order chi connectivity index (χ0) is 13.1. The van der Waals surface area contributed by atoms with Crippen LogP contribution in [0.25, 0.3) is 11.8 Å². The topological polar surface area (TPSA) is 43.1 Å². The maximum atomic E-state index is 11.2. The molecule has 0 atom stereocenters. The summed E-state index contributed by atoms with van der Waals surface area (Å²) in [6.07, 6.45) is 1.62. The lowest BCUT2D eigenvalue weighted by molar-refractivity contribution is -0.374. The smallest absolute Gasteiger partial charge is 0.258 e. The highest BCUT2D eigenvalue weighted by Crippen LogP contribution is 2.28. The first-order chi connectivity index (χ1) is 8.58. The molecule has 4 heteroatoms. The van der Waals surface area contributed by atoms with E-state index < -0.39 is 0 Å². The van der Waals surface area contributed by atoms with E-state index in [0.717, 1.165) is 15.3 Å². The van der Waals surface area contributed by atoms with Crippen molar-refractivity contribution in [1.82, 2.24) is 0 Å². The fourth-order valence-electron chi connectivity index (χ4n) is 1.82. The van der Waals surface area contributed by atoms with Crippen molar-refractivity contribution < 1.29 is 4.92 Å². The van der Waals surface area contributed by atoms with Crippen molar-refractivity contribution in [3.63, 3.8) is 0 Å². The fourth-order valence-corrected chi connectivity index (χ4v) is 2.75. The highest BCUT2D eigenvalue weighted by molar-refractivity contribution is 7.12. The molecular weight excluding hydrogens is 246 g/mol. The monoisotopic (exact) mass is 259 g/mol. The standard InChI is InChI=1S/C14H13NO2S/c1-10-8-13(11(2)18-10)14(15(16)17)9-12-6-4-3-5-7-12/h3-9H,1-2H3. The molecule has 92 valence electrons. The summed E-state index contributed by atoms with van der Waals surface area (Å²) in [6, 6.07) is 11.2. The Morgan fingerprint density at radius 1 is 1.28 bits per heavy atom. The molecule has 0 unspecified atom stereocenters. The molecule has 0 saturated carbocycles. The van der Waals surface area contributed by atoms with E-state index in [4.69, 9.17) is 0 Å². The van der Waals surface area contributed by atoms with E-state index in [2.05, 4.69) is 0 Å². The van der Waals surface area contributed by atoms with Gasteiger partial charge in [-0.2, -0.15) is 0 Å². The minimum absolute atomic E-state index is 0.156. The van der Waals surface area contributed by atoms with Crippen LogP contribution in [0.3, 0.4) is 0 Å². The maximum Gasteiger partial charge on any atom is 0.278 e. The van der Waals surface area contributed by atoms with Gasteiger partial charge >= 0.3 is 0 Å². The number of nitrogens with zero attached hydrogens (tertiary/aromatic N) is 1. The van der Waals surface area contributed by atoms with E-state index in [-0.39, 0.29) is 10.6 Å². The van der Waals surface area contributed by atoms with Gasteiger partial charge < -0.3 is 0 Å². The van der Waals surface area contributed by atoms with E-state index in [1.165, 1.54) is 0 Å². The Hall–Kier alpha value is -1.94. The molecule has 0 amide bonds. The molecule has 18 heavy (non-hydrogen) atoms. The maximum absolute atomic E-state index is 11.2. The van der Waals surface area contributed by atoms with Crippen molar-refractivity contribution >= 4 is 23.1 Å². The number of hydrogen-bond donors (Lipinski definition) is 0. The predicted molar refractivity (Wildman–Crippen MR) is 75.1 cm³/mol. The van der Waals surface area contributed by atoms with Crippen molar-refractivity contribution in [2.45, 2.75) is 13.8 Å². The lowest BCUT2D eigenvalue weighted by atomic mass is 10.1. The van der Waals surface area contributed by atoms with Crippen molar-refractivity contribution in [1.29, 1.82) is 0 Å². The number of benzene rings is 1. The quantitative estimate of drug-likeness (QED) is 0.614. The molecule has 3 nitrogen and oxygen atoms in total. The van der Waals surface area contributed by atoms with Gasteiger partial charge in [0.25, 0.3) is 5.70 Å². The number of aryl methyl sites for hydroxylation is 2. The van der Waals surface area contributed by atoms with Gasteiger partial charge in [-0.05, 0) is 25.5 Å². The second-order valence-electron chi connectivity index (χ2n) is 4.02. The van der Waals surface area contributed by atoms with E-state index in [9.17, 15) is 10.1 Å². The minimum Gasteiger partial charge on any atom is -0.258 e. The van der Waals surface area contributed by atoms with Gasteiger partial charge in [-0.3, -0.25) is 10.1 Å². The van der Waals surface area contributed by atoms with Gasteiger partial charge in [0.2, 0.25) is 0 Å². The third-order valence-corrected chi connectivity index (χ3v) is 3.58. The highest BCUT2D eigenvalue weighted by Gasteiger charge is 2.18.